The zero-order valence-corrected chi connectivity index (χ0v) is 11.5. The number of nitrogens with one attached hydrogen (secondary N) is 2. The van der Waals surface area contributed by atoms with Gasteiger partial charge in [-0.1, -0.05) is 18.2 Å². The standard InChI is InChI=1S/C13H15N3S2/c17-13(16-14-8-11-2-1-5-18-11)15-12-7-9-3-4-10(12)6-9/h1-5,8-10,12H,6-7H2,(H2,15,16,17)/b14-8-/t9-,10-,12-/m0/s1. The van der Waals surface area contributed by atoms with Crippen LogP contribution in [-0.2, 0) is 0 Å². The molecular formula is C13H15N3S2. The minimum Gasteiger partial charge on any atom is -0.358 e. The summed E-state index contributed by atoms with van der Waals surface area (Å²) in [5, 5.41) is 10.1. The van der Waals surface area contributed by atoms with E-state index in [1.807, 2.05) is 17.5 Å². The molecule has 2 N–H and O–H groups in total. The molecule has 0 aromatic carbocycles. The van der Waals surface area contributed by atoms with E-state index in [2.05, 4.69) is 28.0 Å². The van der Waals surface area contributed by atoms with Crippen LogP contribution in [-0.4, -0.2) is 17.4 Å². The molecule has 1 heterocycles. The third-order valence-corrected chi connectivity index (χ3v) is 4.51. The lowest BCUT2D eigenvalue weighted by molar-refractivity contribution is 0.521. The van der Waals surface area contributed by atoms with Gasteiger partial charge in [0.2, 0.25) is 0 Å². The van der Waals surface area contributed by atoms with Crippen molar-refractivity contribution in [3.63, 3.8) is 0 Å². The molecule has 0 saturated heterocycles. The Labute approximate surface area is 116 Å². The highest BCUT2D eigenvalue weighted by atomic mass is 32.1. The lowest BCUT2D eigenvalue weighted by Gasteiger charge is -2.20. The van der Waals surface area contributed by atoms with Crippen LogP contribution in [0.5, 0.6) is 0 Å². The Kier molecular flexibility index (Phi) is 3.43. The number of thiocarbonyl (C=S) groups is 1. The summed E-state index contributed by atoms with van der Waals surface area (Å²) in [5.74, 6) is 1.40. The Morgan fingerprint density at radius 1 is 1.44 bits per heavy atom. The average molecular weight is 277 g/mol. The van der Waals surface area contributed by atoms with E-state index in [-0.39, 0.29) is 0 Å². The summed E-state index contributed by atoms with van der Waals surface area (Å²) >= 11 is 6.90. The van der Waals surface area contributed by atoms with E-state index < -0.39 is 0 Å². The molecule has 0 amide bonds. The minimum absolute atomic E-state index is 0.483. The van der Waals surface area contributed by atoms with Crippen molar-refractivity contribution in [2.45, 2.75) is 18.9 Å². The zero-order chi connectivity index (χ0) is 12.4. The maximum atomic E-state index is 5.24. The topological polar surface area (TPSA) is 36.4 Å². The van der Waals surface area contributed by atoms with Crippen molar-refractivity contribution in [2.75, 3.05) is 0 Å². The molecule has 0 unspecified atom stereocenters. The number of nitrogens with zero attached hydrogens (tertiary/aromatic N) is 1. The largest absolute Gasteiger partial charge is 0.358 e. The Balaban J connectivity index is 1.46. The molecule has 3 rings (SSSR count). The highest BCUT2D eigenvalue weighted by molar-refractivity contribution is 7.80. The van der Waals surface area contributed by atoms with Gasteiger partial charge >= 0.3 is 0 Å². The van der Waals surface area contributed by atoms with Crippen LogP contribution in [0.4, 0.5) is 0 Å². The van der Waals surface area contributed by atoms with Gasteiger partial charge in [0.15, 0.2) is 5.11 Å². The first-order chi connectivity index (χ1) is 8.81. The van der Waals surface area contributed by atoms with Crippen molar-refractivity contribution in [2.24, 2.45) is 16.9 Å². The van der Waals surface area contributed by atoms with Crippen molar-refractivity contribution in [1.82, 2.24) is 10.7 Å². The number of fused-ring (bicyclic) bond motifs is 2. The Bertz CT molecular complexity index is 478. The van der Waals surface area contributed by atoms with Gasteiger partial charge in [-0.25, -0.2) is 0 Å². The van der Waals surface area contributed by atoms with E-state index >= 15 is 0 Å². The van der Waals surface area contributed by atoms with Gasteiger partial charge in [0.05, 0.1) is 6.21 Å². The smallest absolute Gasteiger partial charge is 0.187 e. The fraction of sp³-hybridized carbons (Fsp3) is 0.385. The van der Waals surface area contributed by atoms with Gasteiger partial charge in [0.25, 0.3) is 0 Å². The van der Waals surface area contributed by atoms with E-state index in [1.54, 1.807) is 17.6 Å². The van der Waals surface area contributed by atoms with E-state index in [0.29, 0.717) is 17.1 Å². The number of hydrogen-bond acceptors (Lipinski definition) is 3. The van der Waals surface area contributed by atoms with Crippen molar-refractivity contribution in [1.29, 1.82) is 0 Å². The summed E-state index contributed by atoms with van der Waals surface area (Å²) in [6, 6.07) is 4.51. The molecule has 2 aliphatic rings. The monoisotopic (exact) mass is 277 g/mol. The molecule has 0 radical (unpaired) electrons. The van der Waals surface area contributed by atoms with Gasteiger partial charge < -0.3 is 5.32 Å². The predicted octanol–water partition coefficient (Wildman–Crippen LogP) is 2.51. The summed E-state index contributed by atoms with van der Waals surface area (Å²) in [4.78, 5) is 1.12. The number of thiophene rings is 1. The summed E-state index contributed by atoms with van der Waals surface area (Å²) in [6.07, 6.45) is 8.90. The maximum absolute atomic E-state index is 5.24. The first-order valence-electron chi connectivity index (χ1n) is 6.12. The lowest BCUT2D eigenvalue weighted by atomic mass is 10.0. The normalized spacial score (nSPS) is 29.0. The van der Waals surface area contributed by atoms with Gasteiger partial charge in [-0.2, -0.15) is 5.10 Å². The minimum atomic E-state index is 0.483. The first-order valence-corrected chi connectivity index (χ1v) is 7.41. The molecule has 1 aromatic heterocycles. The number of hydrogen-bond donors (Lipinski definition) is 2. The molecule has 0 aliphatic heterocycles. The predicted molar refractivity (Wildman–Crippen MR) is 79.9 cm³/mol. The summed E-state index contributed by atoms with van der Waals surface area (Å²) in [6.45, 7) is 0. The average Bonchev–Trinajstić information content (AvgIpc) is 3.04. The second-order valence-electron chi connectivity index (χ2n) is 4.75. The van der Waals surface area contributed by atoms with Crippen LogP contribution in [0.2, 0.25) is 0 Å². The summed E-state index contributed by atoms with van der Waals surface area (Å²) in [5.41, 5.74) is 2.88. The molecule has 94 valence electrons. The number of allylic oxidation sites excluding steroid dienone is 1. The molecule has 3 atom stereocenters. The Hall–Kier alpha value is -1.20. The second-order valence-corrected chi connectivity index (χ2v) is 6.13. The fourth-order valence-corrected chi connectivity index (χ4v) is 3.46. The lowest BCUT2D eigenvalue weighted by Crippen LogP contribution is -2.42. The van der Waals surface area contributed by atoms with Gasteiger partial charge in [0, 0.05) is 10.9 Å². The van der Waals surface area contributed by atoms with Crippen molar-refractivity contribution < 1.29 is 0 Å². The van der Waals surface area contributed by atoms with Crippen LogP contribution in [0.15, 0.2) is 34.8 Å². The molecule has 3 nitrogen and oxygen atoms in total. The van der Waals surface area contributed by atoms with E-state index in [0.717, 1.165) is 10.8 Å². The van der Waals surface area contributed by atoms with Crippen LogP contribution in [0.3, 0.4) is 0 Å². The molecule has 18 heavy (non-hydrogen) atoms. The first kappa shape index (κ1) is 11.9. The third-order valence-electron chi connectivity index (χ3n) is 3.50. The van der Waals surface area contributed by atoms with E-state index in [9.17, 15) is 0 Å². The molecule has 2 bridgehead atoms. The summed E-state index contributed by atoms with van der Waals surface area (Å²) in [7, 11) is 0. The van der Waals surface area contributed by atoms with E-state index in [1.165, 1.54) is 12.8 Å². The summed E-state index contributed by atoms with van der Waals surface area (Å²) < 4.78 is 0. The highest BCUT2D eigenvalue weighted by Gasteiger charge is 2.35. The SMILES string of the molecule is S=C(N/N=C\c1cccs1)N[C@H]1C[C@H]2C=C[C@H]1C2. The quantitative estimate of drug-likeness (QED) is 0.386. The number of rotatable bonds is 3. The van der Waals surface area contributed by atoms with Crippen molar-refractivity contribution in [3.8, 4) is 0 Å². The highest BCUT2D eigenvalue weighted by Crippen LogP contribution is 2.38. The molecule has 0 spiro atoms. The Morgan fingerprint density at radius 2 is 2.39 bits per heavy atom. The van der Waals surface area contributed by atoms with Gasteiger partial charge in [-0.3, -0.25) is 5.43 Å². The van der Waals surface area contributed by atoms with Crippen molar-refractivity contribution >= 4 is 34.9 Å². The van der Waals surface area contributed by atoms with Crippen LogP contribution in [0.1, 0.15) is 17.7 Å². The maximum Gasteiger partial charge on any atom is 0.187 e. The third kappa shape index (κ3) is 2.62. The van der Waals surface area contributed by atoms with Crippen LogP contribution in [0.25, 0.3) is 0 Å². The zero-order valence-electron chi connectivity index (χ0n) is 9.87. The number of hydrazone groups is 1. The van der Waals surface area contributed by atoms with Crippen LogP contribution < -0.4 is 10.7 Å². The molecule has 5 heteroatoms. The molecular weight excluding hydrogens is 262 g/mol. The van der Waals surface area contributed by atoms with Crippen LogP contribution >= 0.6 is 23.6 Å². The van der Waals surface area contributed by atoms with Crippen molar-refractivity contribution in [3.05, 3.63) is 34.5 Å². The molecule has 2 aliphatic carbocycles. The Morgan fingerprint density at radius 3 is 3.06 bits per heavy atom. The molecule has 1 fully saturated rings. The molecule has 1 aromatic rings. The van der Waals surface area contributed by atoms with Gasteiger partial charge in [-0.05, 0) is 48.3 Å². The van der Waals surface area contributed by atoms with Gasteiger partial charge in [-0.15, -0.1) is 11.3 Å². The second kappa shape index (κ2) is 5.20. The van der Waals surface area contributed by atoms with Gasteiger partial charge in [0.1, 0.15) is 0 Å². The van der Waals surface area contributed by atoms with E-state index in [4.69, 9.17) is 12.2 Å². The fourth-order valence-electron chi connectivity index (χ4n) is 2.67. The molecule has 1 saturated carbocycles. The van der Waals surface area contributed by atoms with Crippen LogP contribution in [0, 0.1) is 11.8 Å².